The van der Waals surface area contributed by atoms with Gasteiger partial charge in [-0.1, -0.05) is 24.3 Å². The molecular formula is C12H11N3O3. The van der Waals surface area contributed by atoms with Crippen molar-refractivity contribution < 1.29 is 14.4 Å². The summed E-state index contributed by atoms with van der Waals surface area (Å²) in [6.07, 6.45) is 0.180. The summed E-state index contributed by atoms with van der Waals surface area (Å²) in [4.78, 5) is 34.8. The normalized spacial score (nSPS) is 29.0. The van der Waals surface area contributed by atoms with E-state index in [0.29, 0.717) is 11.1 Å². The fourth-order valence-electron chi connectivity index (χ4n) is 2.79. The van der Waals surface area contributed by atoms with Crippen molar-refractivity contribution in [2.45, 2.75) is 17.9 Å². The van der Waals surface area contributed by atoms with E-state index in [0.717, 1.165) is 0 Å². The van der Waals surface area contributed by atoms with E-state index < -0.39 is 29.3 Å². The van der Waals surface area contributed by atoms with E-state index in [1.807, 2.05) is 0 Å². The number of carbonyl (C=O) groups excluding carboxylic acids is 3. The Balaban J connectivity index is 2.18. The molecule has 6 nitrogen and oxygen atoms in total. The van der Waals surface area contributed by atoms with Gasteiger partial charge in [0.05, 0.1) is 5.92 Å². The molecule has 6 heteroatoms. The number of hydrogen-bond donors (Lipinski definition) is 3. The standard InChI is InChI=1S/C12H11N3O3/c13-9(16)7-5-12(10(17)14-11(18)15-12)8-4-2-1-3-6(7)8/h1-4,7H,5H2,(H2,13,16)(H2,14,15,17,18)/t7-,12-/m1/s1. The highest BCUT2D eigenvalue weighted by atomic mass is 16.2. The van der Waals surface area contributed by atoms with Crippen molar-refractivity contribution in [3.05, 3.63) is 35.4 Å². The fourth-order valence-corrected chi connectivity index (χ4v) is 2.79. The summed E-state index contributed by atoms with van der Waals surface area (Å²) in [5, 5.41) is 4.82. The van der Waals surface area contributed by atoms with Crippen LogP contribution in [0.5, 0.6) is 0 Å². The summed E-state index contributed by atoms with van der Waals surface area (Å²) in [6, 6.07) is 6.50. The lowest BCUT2D eigenvalue weighted by atomic mass is 9.91. The van der Waals surface area contributed by atoms with Gasteiger partial charge in [-0.25, -0.2) is 4.79 Å². The number of carbonyl (C=O) groups is 3. The lowest BCUT2D eigenvalue weighted by Crippen LogP contribution is -2.42. The smallest absolute Gasteiger partial charge is 0.322 e. The van der Waals surface area contributed by atoms with Crippen molar-refractivity contribution in [1.82, 2.24) is 10.6 Å². The SMILES string of the molecule is NC(=O)[C@@H]1C[C@@]2(NC(=O)NC2=O)c2ccccc21. The third-order valence-electron chi connectivity index (χ3n) is 3.59. The maximum Gasteiger partial charge on any atom is 0.322 e. The Morgan fingerprint density at radius 3 is 2.67 bits per heavy atom. The monoisotopic (exact) mass is 245 g/mol. The van der Waals surface area contributed by atoms with Crippen molar-refractivity contribution in [2.24, 2.45) is 5.73 Å². The fraction of sp³-hybridized carbons (Fsp3) is 0.250. The summed E-state index contributed by atoms with van der Waals surface area (Å²) in [5.41, 5.74) is 5.58. The average Bonchev–Trinajstić information content (AvgIpc) is 2.80. The molecule has 1 heterocycles. The molecule has 92 valence electrons. The topological polar surface area (TPSA) is 101 Å². The second-order valence-electron chi connectivity index (χ2n) is 4.56. The molecule has 18 heavy (non-hydrogen) atoms. The second kappa shape index (κ2) is 3.32. The molecule has 0 radical (unpaired) electrons. The van der Waals surface area contributed by atoms with Gasteiger partial charge in [-0.05, 0) is 17.5 Å². The number of hydrogen-bond acceptors (Lipinski definition) is 3. The van der Waals surface area contributed by atoms with E-state index in [-0.39, 0.29) is 6.42 Å². The number of nitrogens with two attached hydrogens (primary N) is 1. The van der Waals surface area contributed by atoms with Crippen LogP contribution in [0, 0.1) is 0 Å². The van der Waals surface area contributed by atoms with Crippen molar-refractivity contribution in [3.8, 4) is 0 Å². The lowest BCUT2D eigenvalue weighted by molar-refractivity contribution is -0.124. The first kappa shape index (κ1) is 10.8. The predicted molar refractivity (Wildman–Crippen MR) is 61.3 cm³/mol. The molecule has 3 rings (SSSR count). The predicted octanol–water partition coefficient (Wildman–Crippen LogP) is -0.306. The Hall–Kier alpha value is -2.37. The Morgan fingerprint density at radius 1 is 1.33 bits per heavy atom. The second-order valence-corrected chi connectivity index (χ2v) is 4.56. The van der Waals surface area contributed by atoms with Crippen molar-refractivity contribution in [2.75, 3.05) is 0 Å². The first-order chi connectivity index (χ1) is 8.54. The van der Waals surface area contributed by atoms with Gasteiger partial charge in [-0.3, -0.25) is 14.9 Å². The van der Waals surface area contributed by atoms with Crippen LogP contribution in [0.3, 0.4) is 0 Å². The van der Waals surface area contributed by atoms with Gasteiger partial charge in [-0.2, -0.15) is 0 Å². The third-order valence-corrected chi connectivity index (χ3v) is 3.59. The number of primary amides is 1. The quantitative estimate of drug-likeness (QED) is 0.592. The molecule has 0 aromatic heterocycles. The minimum atomic E-state index is -1.15. The van der Waals surface area contributed by atoms with Gasteiger partial charge in [0.1, 0.15) is 5.54 Å². The minimum absolute atomic E-state index is 0.180. The van der Waals surface area contributed by atoms with E-state index in [2.05, 4.69) is 10.6 Å². The van der Waals surface area contributed by atoms with Crippen LogP contribution in [0.1, 0.15) is 23.5 Å². The van der Waals surface area contributed by atoms with Gasteiger partial charge in [-0.15, -0.1) is 0 Å². The van der Waals surface area contributed by atoms with Gasteiger partial charge in [0.2, 0.25) is 5.91 Å². The van der Waals surface area contributed by atoms with Crippen LogP contribution < -0.4 is 16.4 Å². The molecule has 4 amide bonds. The van der Waals surface area contributed by atoms with Gasteiger partial charge >= 0.3 is 6.03 Å². The molecule has 0 bridgehead atoms. The molecule has 1 aliphatic carbocycles. The lowest BCUT2D eigenvalue weighted by Gasteiger charge is -2.21. The van der Waals surface area contributed by atoms with Gasteiger partial charge in [0.25, 0.3) is 5.91 Å². The van der Waals surface area contributed by atoms with Crippen LogP contribution in [0.4, 0.5) is 4.79 Å². The number of fused-ring (bicyclic) bond motifs is 2. The maximum absolute atomic E-state index is 12.0. The summed E-state index contributed by atoms with van der Waals surface area (Å²) in [5.74, 6) is -1.47. The van der Waals surface area contributed by atoms with Gasteiger partial charge in [0.15, 0.2) is 0 Å². The molecule has 1 aliphatic heterocycles. The van der Waals surface area contributed by atoms with Crippen LogP contribution in [-0.4, -0.2) is 17.8 Å². The highest BCUT2D eigenvalue weighted by Crippen LogP contribution is 2.45. The zero-order valence-electron chi connectivity index (χ0n) is 9.40. The van der Waals surface area contributed by atoms with Crippen LogP contribution in [-0.2, 0) is 15.1 Å². The minimum Gasteiger partial charge on any atom is -0.369 e. The molecule has 2 atom stereocenters. The molecule has 1 aromatic rings. The summed E-state index contributed by atoms with van der Waals surface area (Å²) >= 11 is 0. The Morgan fingerprint density at radius 2 is 2.06 bits per heavy atom. The van der Waals surface area contributed by atoms with Gasteiger partial charge in [0, 0.05) is 0 Å². The molecule has 1 saturated heterocycles. The molecule has 2 aliphatic rings. The molecule has 1 spiro atoms. The van der Waals surface area contributed by atoms with E-state index in [1.54, 1.807) is 24.3 Å². The zero-order valence-corrected chi connectivity index (χ0v) is 9.40. The van der Waals surface area contributed by atoms with Crippen LogP contribution in [0.15, 0.2) is 24.3 Å². The highest BCUT2D eigenvalue weighted by Gasteiger charge is 2.55. The largest absolute Gasteiger partial charge is 0.369 e. The van der Waals surface area contributed by atoms with Crippen LogP contribution in [0.25, 0.3) is 0 Å². The maximum atomic E-state index is 12.0. The van der Waals surface area contributed by atoms with Crippen LogP contribution >= 0.6 is 0 Å². The van der Waals surface area contributed by atoms with Crippen molar-refractivity contribution >= 4 is 17.8 Å². The number of nitrogens with one attached hydrogen (secondary N) is 2. The highest BCUT2D eigenvalue weighted by molar-refractivity contribution is 6.09. The Bertz CT molecular complexity index is 584. The molecule has 1 fully saturated rings. The zero-order chi connectivity index (χ0) is 12.9. The summed E-state index contributed by atoms with van der Waals surface area (Å²) in [6.45, 7) is 0. The van der Waals surface area contributed by atoms with Crippen molar-refractivity contribution in [3.63, 3.8) is 0 Å². The number of benzene rings is 1. The average molecular weight is 245 g/mol. The first-order valence-corrected chi connectivity index (χ1v) is 5.57. The Labute approximate surface area is 103 Å². The molecule has 4 N–H and O–H groups in total. The molecule has 0 unspecified atom stereocenters. The number of urea groups is 1. The van der Waals surface area contributed by atoms with Gasteiger partial charge < -0.3 is 11.1 Å². The first-order valence-electron chi connectivity index (χ1n) is 5.57. The molecule has 0 saturated carbocycles. The van der Waals surface area contributed by atoms with Crippen LogP contribution in [0.2, 0.25) is 0 Å². The van der Waals surface area contributed by atoms with E-state index in [9.17, 15) is 14.4 Å². The summed E-state index contributed by atoms with van der Waals surface area (Å²) in [7, 11) is 0. The summed E-state index contributed by atoms with van der Waals surface area (Å²) < 4.78 is 0. The van der Waals surface area contributed by atoms with Crippen molar-refractivity contribution in [1.29, 1.82) is 0 Å². The number of amides is 4. The Kier molecular flexibility index (Phi) is 1.98. The van der Waals surface area contributed by atoms with E-state index in [4.69, 9.17) is 5.73 Å². The van der Waals surface area contributed by atoms with E-state index in [1.165, 1.54) is 0 Å². The molecular weight excluding hydrogens is 234 g/mol. The number of imide groups is 1. The molecule has 1 aromatic carbocycles. The van der Waals surface area contributed by atoms with E-state index >= 15 is 0 Å². The number of rotatable bonds is 1. The third kappa shape index (κ3) is 1.20.